The lowest BCUT2D eigenvalue weighted by atomic mass is 10.0. The first kappa shape index (κ1) is 17.2. The second kappa shape index (κ2) is 6.89. The number of nitrogens with zero attached hydrogens (tertiary/aromatic N) is 3. The van der Waals surface area contributed by atoms with E-state index in [2.05, 4.69) is 15.6 Å². The molecular weight excluding hydrogens is 354 g/mol. The molecule has 1 saturated carbocycles. The second-order valence-corrected chi connectivity index (χ2v) is 7.83. The first-order valence-electron chi connectivity index (χ1n) is 9.97. The summed E-state index contributed by atoms with van der Waals surface area (Å²) in [4.78, 5) is 35.8. The van der Waals surface area contributed by atoms with Crippen molar-refractivity contribution in [1.82, 2.24) is 15.3 Å². The van der Waals surface area contributed by atoms with E-state index in [0.29, 0.717) is 37.7 Å². The first-order chi connectivity index (χ1) is 13.7. The van der Waals surface area contributed by atoms with Crippen molar-refractivity contribution in [1.29, 1.82) is 0 Å². The zero-order valence-corrected chi connectivity index (χ0v) is 15.6. The van der Waals surface area contributed by atoms with E-state index in [1.807, 2.05) is 35.2 Å². The summed E-state index contributed by atoms with van der Waals surface area (Å²) < 4.78 is 0. The van der Waals surface area contributed by atoms with Crippen LogP contribution in [0.2, 0.25) is 0 Å². The van der Waals surface area contributed by atoms with E-state index in [1.165, 1.54) is 0 Å². The van der Waals surface area contributed by atoms with Gasteiger partial charge in [-0.1, -0.05) is 18.2 Å². The van der Waals surface area contributed by atoms with Gasteiger partial charge >= 0.3 is 0 Å². The normalized spacial score (nSPS) is 21.4. The summed E-state index contributed by atoms with van der Waals surface area (Å²) in [5, 5.41) is 6.31. The van der Waals surface area contributed by atoms with Gasteiger partial charge in [0, 0.05) is 49.1 Å². The Morgan fingerprint density at radius 2 is 1.96 bits per heavy atom. The van der Waals surface area contributed by atoms with Crippen LogP contribution >= 0.6 is 0 Å². The van der Waals surface area contributed by atoms with Crippen LogP contribution in [-0.4, -0.2) is 41.4 Å². The van der Waals surface area contributed by atoms with E-state index in [-0.39, 0.29) is 17.7 Å². The highest BCUT2D eigenvalue weighted by atomic mass is 16.2. The molecule has 1 aliphatic carbocycles. The smallest absolute Gasteiger partial charge is 0.270 e. The van der Waals surface area contributed by atoms with Crippen molar-refractivity contribution in [3.8, 4) is 0 Å². The third kappa shape index (κ3) is 3.21. The summed E-state index contributed by atoms with van der Waals surface area (Å²) >= 11 is 0. The van der Waals surface area contributed by atoms with E-state index < -0.39 is 0 Å². The van der Waals surface area contributed by atoms with Gasteiger partial charge in [0.05, 0.1) is 0 Å². The number of aromatic nitrogens is 2. The summed E-state index contributed by atoms with van der Waals surface area (Å²) in [7, 11) is 0. The number of carbonyl (C=O) groups excluding carboxylic acids is 2. The van der Waals surface area contributed by atoms with E-state index in [9.17, 15) is 9.59 Å². The number of hydrogen-bond donors (Lipinski definition) is 2. The van der Waals surface area contributed by atoms with Crippen molar-refractivity contribution in [2.24, 2.45) is 5.92 Å². The Bertz CT molecular complexity index is 926. The number of amides is 2. The molecule has 2 fully saturated rings. The van der Waals surface area contributed by atoms with Gasteiger partial charge < -0.3 is 15.5 Å². The standard InChI is InChI=1S/C21H23N5O2/c27-17-10-13(12-26(17)15-4-2-1-3-5-15)11-23-20-16-8-9-22-21(28)18(16)24-19(25-20)14-6-7-14/h1-5,13-14H,6-12H2,(H,22,28)(H,23,24,25). The number of nitrogens with one attached hydrogen (secondary N) is 2. The molecule has 0 bridgehead atoms. The Hall–Kier alpha value is -2.96. The van der Waals surface area contributed by atoms with Gasteiger partial charge in [0.2, 0.25) is 5.91 Å². The van der Waals surface area contributed by atoms with Crippen LogP contribution in [-0.2, 0) is 11.2 Å². The highest BCUT2D eigenvalue weighted by Crippen LogP contribution is 2.39. The Morgan fingerprint density at radius 1 is 1.14 bits per heavy atom. The lowest BCUT2D eigenvalue weighted by Gasteiger charge is -2.21. The molecule has 2 amide bonds. The fraction of sp³-hybridized carbons (Fsp3) is 0.429. The quantitative estimate of drug-likeness (QED) is 0.833. The van der Waals surface area contributed by atoms with Crippen molar-refractivity contribution >= 4 is 23.3 Å². The van der Waals surface area contributed by atoms with Crippen LogP contribution in [0.3, 0.4) is 0 Å². The molecule has 7 nitrogen and oxygen atoms in total. The summed E-state index contributed by atoms with van der Waals surface area (Å²) in [5.41, 5.74) is 2.36. The minimum absolute atomic E-state index is 0.111. The summed E-state index contributed by atoms with van der Waals surface area (Å²) in [6.45, 7) is 1.96. The predicted octanol–water partition coefficient (Wildman–Crippen LogP) is 2.10. The van der Waals surface area contributed by atoms with Crippen molar-refractivity contribution in [2.45, 2.75) is 31.6 Å². The zero-order valence-electron chi connectivity index (χ0n) is 15.6. The maximum absolute atomic E-state index is 12.4. The monoisotopic (exact) mass is 377 g/mol. The van der Waals surface area contributed by atoms with Crippen LogP contribution in [0.4, 0.5) is 11.5 Å². The zero-order chi connectivity index (χ0) is 19.1. The predicted molar refractivity (Wildman–Crippen MR) is 105 cm³/mol. The Morgan fingerprint density at radius 3 is 2.75 bits per heavy atom. The van der Waals surface area contributed by atoms with Gasteiger partial charge in [0.25, 0.3) is 5.91 Å². The molecule has 1 aromatic carbocycles. The molecule has 5 rings (SSSR count). The molecule has 144 valence electrons. The number of carbonyl (C=O) groups is 2. The van der Waals surface area contributed by atoms with Crippen LogP contribution in [0.1, 0.15) is 47.1 Å². The van der Waals surface area contributed by atoms with Crippen molar-refractivity contribution in [2.75, 3.05) is 29.9 Å². The first-order valence-corrected chi connectivity index (χ1v) is 9.97. The molecule has 7 heteroatoms. The second-order valence-electron chi connectivity index (χ2n) is 7.83. The van der Waals surface area contributed by atoms with Crippen LogP contribution in [0, 0.1) is 5.92 Å². The maximum Gasteiger partial charge on any atom is 0.270 e. The fourth-order valence-corrected chi connectivity index (χ4v) is 4.00. The largest absolute Gasteiger partial charge is 0.369 e. The number of para-hydroxylation sites is 1. The molecule has 1 atom stereocenters. The molecule has 0 spiro atoms. The van der Waals surface area contributed by atoms with Crippen molar-refractivity contribution < 1.29 is 9.59 Å². The molecule has 28 heavy (non-hydrogen) atoms. The molecule has 2 N–H and O–H groups in total. The van der Waals surface area contributed by atoms with Crippen molar-refractivity contribution in [3.63, 3.8) is 0 Å². The van der Waals surface area contributed by atoms with Crippen LogP contribution < -0.4 is 15.5 Å². The molecule has 1 saturated heterocycles. The van der Waals surface area contributed by atoms with Gasteiger partial charge in [-0.25, -0.2) is 9.97 Å². The van der Waals surface area contributed by atoms with Crippen LogP contribution in [0.15, 0.2) is 30.3 Å². The molecule has 3 heterocycles. The van der Waals surface area contributed by atoms with Gasteiger partial charge in [0.15, 0.2) is 0 Å². The summed E-state index contributed by atoms with van der Waals surface area (Å²) in [6.07, 6.45) is 3.42. The molecule has 1 unspecified atom stereocenters. The van der Waals surface area contributed by atoms with E-state index >= 15 is 0 Å². The van der Waals surface area contributed by atoms with Crippen LogP contribution in [0.5, 0.6) is 0 Å². The number of anilines is 2. The number of fused-ring (bicyclic) bond motifs is 1. The summed E-state index contributed by atoms with van der Waals surface area (Å²) in [6, 6.07) is 9.79. The van der Waals surface area contributed by atoms with Gasteiger partial charge in [-0.2, -0.15) is 0 Å². The third-order valence-electron chi connectivity index (χ3n) is 5.67. The van der Waals surface area contributed by atoms with E-state index in [1.54, 1.807) is 0 Å². The lowest BCUT2D eigenvalue weighted by molar-refractivity contribution is -0.117. The molecule has 1 aromatic heterocycles. The average molecular weight is 377 g/mol. The minimum Gasteiger partial charge on any atom is -0.369 e. The minimum atomic E-state index is -0.111. The Kier molecular flexibility index (Phi) is 4.22. The van der Waals surface area contributed by atoms with Gasteiger partial charge in [-0.15, -0.1) is 0 Å². The molecule has 2 aromatic rings. The highest BCUT2D eigenvalue weighted by molar-refractivity contribution is 5.96. The molecule has 2 aliphatic heterocycles. The highest BCUT2D eigenvalue weighted by Gasteiger charge is 2.33. The van der Waals surface area contributed by atoms with E-state index in [0.717, 1.165) is 42.2 Å². The van der Waals surface area contributed by atoms with Crippen LogP contribution in [0.25, 0.3) is 0 Å². The number of hydrogen-bond acceptors (Lipinski definition) is 5. The van der Waals surface area contributed by atoms with Crippen molar-refractivity contribution in [3.05, 3.63) is 47.4 Å². The molecule has 3 aliphatic rings. The Labute approximate surface area is 163 Å². The van der Waals surface area contributed by atoms with Gasteiger partial charge in [0.1, 0.15) is 17.3 Å². The summed E-state index contributed by atoms with van der Waals surface area (Å²) in [5.74, 6) is 2.17. The third-order valence-corrected chi connectivity index (χ3v) is 5.67. The topological polar surface area (TPSA) is 87.2 Å². The average Bonchev–Trinajstić information content (AvgIpc) is 3.50. The number of rotatable bonds is 5. The van der Waals surface area contributed by atoms with Gasteiger partial charge in [-0.05, 0) is 31.4 Å². The lowest BCUT2D eigenvalue weighted by Crippen LogP contribution is -2.34. The fourth-order valence-electron chi connectivity index (χ4n) is 4.00. The molecule has 0 radical (unpaired) electrons. The number of benzene rings is 1. The van der Waals surface area contributed by atoms with E-state index in [4.69, 9.17) is 4.98 Å². The molecular formula is C21H23N5O2. The SMILES string of the molecule is O=C1NCCc2c(NCC3CC(=O)N(c4ccccc4)C3)nc(C3CC3)nc21. The Balaban J connectivity index is 1.33. The maximum atomic E-state index is 12.4. The van der Waals surface area contributed by atoms with Gasteiger partial charge in [-0.3, -0.25) is 9.59 Å².